The Morgan fingerprint density at radius 2 is 1.88 bits per heavy atom. The maximum absolute atomic E-state index is 11.0. The number of thioether (sulfide) groups is 1. The van der Waals surface area contributed by atoms with Crippen LogP contribution in [0.3, 0.4) is 0 Å². The van der Waals surface area contributed by atoms with E-state index in [1.807, 2.05) is 11.8 Å². The lowest BCUT2D eigenvalue weighted by molar-refractivity contribution is -0.117. The van der Waals surface area contributed by atoms with E-state index in [0.717, 1.165) is 12.8 Å². The van der Waals surface area contributed by atoms with E-state index in [1.165, 1.54) is 18.6 Å². The van der Waals surface area contributed by atoms with E-state index in [1.54, 1.807) is 0 Å². The highest BCUT2D eigenvalue weighted by atomic mass is 35.5. The Bertz CT molecular complexity index is 215. The molecule has 0 aliphatic carbocycles. The summed E-state index contributed by atoms with van der Waals surface area (Å²) in [7, 11) is 0. The molecule has 0 saturated carbocycles. The quantitative estimate of drug-likeness (QED) is 0.522. The van der Waals surface area contributed by atoms with Gasteiger partial charge in [-0.1, -0.05) is 12.8 Å². The van der Waals surface area contributed by atoms with Gasteiger partial charge in [-0.3, -0.25) is 10.1 Å². The third-order valence-corrected chi connectivity index (χ3v) is 2.87. The van der Waals surface area contributed by atoms with Crippen LogP contribution in [0.4, 0.5) is 4.79 Å². The fourth-order valence-electron chi connectivity index (χ4n) is 1.13. The molecule has 0 aromatic rings. The predicted molar refractivity (Wildman–Crippen MR) is 69.1 cm³/mol. The summed E-state index contributed by atoms with van der Waals surface area (Å²) in [6.45, 7) is 0.598. The van der Waals surface area contributed by atoms with E-state index >= 15 is 0 Å². The van der Waals surface area contributed by atoms with Crippen LogP contribution in [0, 0.1) is 0 Å². The first-order valence-electron chi connectivity index (χ1n) is 5.33. The summed E-state index contributed by atoms with van der Waals surface area (Å²) < 4.78 is 0. The van der Waals surface area contributed by atoms with Crippen molar-refractivity contribution in [3.05, 3.63) is 0 Å². The zero-order valence-corrected chi connectivity index (χ0v) is 11.1. The third kappa shape index (κ3) is 10.1. The molecule has 0 rings (SSSR count). The van der Waals surface area contributed by atoms with Crippen molar-refractivity contribution >= 4 is 35.3 Å². The number of carbonyl (C=O) groups is 2. The van der Waals surface area contributed by atoms with Crippen molar-refractivity contribution in [3.8, 4) is 0 Å². The molecule has 94 valence electrons. The number of halogens is 1. The molecule has 0 atom stereocenters. The van der Waals surface area contributed by atoms with Gasteiger partial charge in [0.1, 0.15) is 5.88 Å². The van der Waals surface area contributed by atoms with Crippen LogP contribution in [-0.4, -0.2) is 36.4 Å². The summed E-state index contributed by atoms with van der Waals surface area (Å²) in [5, 5.41) is 4.72. The minimum Gasteiger partial charge on any atom is -0.338 e. The molecule has 0 aromatic carbocycles. The average molecular weight is 267 g/mol. The van der Waals surface area contributed by atoms with Crippen LogP contribution in [0.2, 0.25) is 0 Å². The van der Waals surface area contributed by atoms with Crippen LogP contribution in [0.5, 0.6) is 0 Å². The molecule has 0 spiro atoms. The van der Waals surface area contributed by atoms with Gasteiger partial charge in [0.2, 0.25) is 5.91 Å². The molecular weight excluding hydrogens is 248 g/mol. The molecule has 0 unspecified atom stereocenters. The second-order valence-electron chi connectivity index (χ2n) is 3.34. The lowest BCUT2D eigenvalue weighted by Gasteiger charge is -2.05. The number of urea groups is 1. The van der Waals surface area contributed by atoms with Gasteiger partial charge in [0.05, 0.1) is 0 Å². The van der Waals surface area contributed by atoms with Crippen molar-refractivity contribution in [3.63, 3.8) is 0 Å². The average Bonchev–Trinajstić information content (AvgIpc) is 2.27. The Labute approximate surface area is 106 Å². The molecule has 2 N–H and O–H groups in total. The van der Waals surface area contributed by atoms with E-state index in [4.69, 9.17) is 11.6 Å². The molecule has 4 nitrogen and oxygen atoms in total. The lowest BCUT2D eigenvalue weighted by Crippen LogP contribution is -2.40. The number of imide groups is 1. The van der Waals surface area contributed by atoms with Gasteiger partial charge in [-0.15, -0.1) is 11.6 Å². The van der Waals surface area contributed by atoms with Crippen LogP contribution in [0.1, 0.15) is 25.7 Å². The predicted octanol–water partition coefficient (Wildman–Crippen LogP) is 1.97. The molecule has 3 amide bonds. The Kier molecular flexibility index (Phi) is 10.8. The van der Waals surface area contributed by atoms with E-state index < -0.39 is 11.9 Å². The molecule has 0 fully saturated rings. The minimum absolute atomic E-state index is 0.192. The van der Waals surface area contributed by atoms with E-state index in [9.17, 15) is 9.59 Å². The zero-order valence-electron chi connectivity index (χ0n) is 9.55. The van der Waals surface area contributed by atoms with E-state index in [2.05, 4.69) is 16.9 Å². The number of alkyl halides is 1. The number of hydrogen-bond acceptors (Lipinski definition) is 3. The summed E-state index contributed by atoms with van der Waals surface area (Å²) in [6, 6.07) is -0.463. The Morgan fingerprint density at radius 1 is 1.19 bits per heavy atom. The summed E-state index contributed by atoms with van der Waals surface area (Å²) in [5.41, 5.74) is 0. The van der Waals surface area contributed by atoms with Gasteiger partial charge < -0.3 is 5.32 Å². The third-order valence-electron chi connectivity index (χ3n) is 1.94. The first kappa shape index (κ1) is 15.6. The van der Waals surface area contributed by atoms with Gasteiger partial charge in [0.15, 0.2) is 0 Å². The highest BCUT2D eigenvalue weighted by Gasteiger charge is 2.04. The number of rotatable bonds is 8. The zero-order chi connectivity index (χ0) is 12.2. The molecular formula is C10H19ClN2O2S. The standard InChI is InChI=1S/C10H19ClN2O2S/c1-16-7-5-3-2-4-6-12-10(15)13-9(14)8-11/h2-8H2,1H3,(H2,12,13,14,15). The topological polar surface area (TPSA) is 58.2 Å². The number of unbranched alkanes of at least 4 members (excludes halogenated alkanes) is 3. The van der Waals surface area contributed by atoms with E-state index in [0.29, 0.717) is 6.54 Å². The van der Waals surface area contributed by atoms with E-state index in [-0.39, 0.29) is 5.88 Å². The highest BCUT2D eigenvalue weighted by Crippen LogP contribution is 2.03. The normalized spacial score (nSPS) is 9.88. The van der Waals surface area contributed by atoms with Crippen molar-refractivity contribution in [2.24, 2.45) is 0 Å². The van der Waals surface area contributed by atoms with Crippen LogP contribution in [0.15, 0.2) is 0 Å². The fraction of sp³-hybridized carbons (Fsp3) is 0.800. The number of nitrogens with one attached hydrogen (secondary N) is 2. The first-order valence-corrected chi connectivity index (χ1v) is 7.26. The van der Waals surface area contributed by atoms with Crippen LogP contribution >= 0.6 is 23.4 Å². The molecule has 0 bridgehead atoms. The van der Waals surface area contributed by atoms with Gasteiger partial charge in [-0.05, 0) is 24.9 Å². The second kappa shape index (κ2) is 11.1. The Morgan fingerprint density at radius 3 is 2.50 bits per heavy atom. The van der Waals surface area contributed by atoms with Crippen LogP contribution in [0.25, 0.3) is 0 Å². The Hall–Kier alpha value is -0.420. The summed E-state index contributed by atoms with van der Waals surface area (Å²) in [4.78, 5) is 21.8. The van der Waals surface area contributed by atoms with Crippen molar-refractivity contribution in [2.75, 3.05) is 24.4 Å². The minimum atomic E-state index is -0.473. The molecule has 0 aliphatic rings. The highest BCUT2D eigenvalue weighted by molar-refractivity contribution is 7.98. The smallest absolute Gasteiger partial charge is 0.321 e. The van der Waals surface area contributed by atoms with Crippen molar-refractivity contribution in [2.45, 2.75) is 25.7 Å². The summed E-state index contributed by atoms with van der Waals surface area (Å²) in [6.07, 6.45) is 6.55. The van der Waals surface area contributed by atoms with Crippen molar-refractivity contribution in [1.82, 2.24) is 10.6 Å². The maximum Gasteiger partial charge on any atom is 0.321 e. The SMILES string of the molecule is CSCCCCCCNC(=O)NC(=O)CCl. The van der Waals surface area contributed by atoms with Gasteiger partial charge >= 0.3 is 6.03 Å². The summed E-state index contributed by atoms with van der Waals surface area (Å²) in [5.74, 6) is 0.527. The molecule has 0 radical (unpaired) electrons. The second-order valence-corrected chi connectivity index (χ2v) is 4.60. The molecule has 0 saturated heterocycles. The Balaban J connectivity index is 3.24. The summed E-state index contributed by atoms with van der Waals surface area (Å²) >= 11 is 7.08. The van der Waals surface area contributed by atoms with Gasteiger partial charge in [-0.2, -0.15) is 11.8 Å². The van der Waals surface area contributed by atoms with Crippen molar-refractivity contribution < 1.29 is 9.59 Å². The van der Waals surface area contributed by atoms with Gasteiger partial charge in [0.25, 0.3) is 0 Å². The fourth-order valence-corrected chi connectivity index (χ4v) is 1.69. The first-order chi connectivity index (χ1) is 7.70. The number of hydrogen-bond donors (Lipinski definition) is 2. The molecule has 16 heavy (non-hydrogen) atoms. The number of carbonyl (C=O) groups excluding carboxylic acids is 2. The number of amides is 3. The van der Waals surface area contributed by atoms with Crippen LogP contribution < -0.4 is 10.6 Å². The molecule has 0 aromatic heterocycles. The van der Waals surface area contributed by atoms with Gasteiger partial charge in [0, 0.05) is 6.54 Å². The monoisotopic (exact) mass is 266 g/mol. The maximum atomic E-state index is 11.0. The van der Waals surface area contributed by atoms with Crippen LogP contribution in [-0.2, 0) is 4.79 Å². The lowest BCUT2D eigenvalue weighted by atomic mass is 10.2. The molecule has 0 heterocycles. The largest absolute Gasteiger partial charge is 0.338 e. The molecule has 6 heteroatoms. The molecule has 0 aliphatic heterocycles. The van der Waals surface area contributed by atoms with Crippen molar-refractivity contribution in [1.29, 1.82) is 0 Å². The van der Waals surface area contributed by atoms with Gasteiger partial charge in [-0.25, -0.2) is 4.79 Å².